The molecule has 1 aromatic carbocycles. The first-order chi connectivity index (χ1) is 9.61. The highest BCUT2D eigenvalue weighted by Crippen LogP contribution is 2.28. The highest BCUT2D eigenvalue weighted by atomic mass is 35.5. The lowest BCUT2D eigenvalue weighted by molar-refractivity contribution is -0.143. The fraction of sp³-hybridized carbons (Fsp3) is 0.467. The van der Waals surface area contributed by atoms with Crippen molar-refractivity contribution in [1.29, 1.82) is 0 Å². The normalized spacial score (nSPS) is 13.9. The first-order valence-electron chi connectivity index (χ1n) is 6.84. The van der Waals surface area contributed by atoms with Gasteiger partial charge in [0, 0.05) is 23.2 Å². The van der Waals surface area contributed by atoms with Gasteiger partial charge in [0.2, 0.25) is 0 Å². The van der Waals surface area contributed by atoms with E-state index in [9.17, 15) is 9.59 Å². The van der Waals surface area contributed by atoms with E-state index in [4.69, 9.17) is 16.3 Å². The number of rotatable bonds is 6. The molecule has 0 bridgehead atoms. The van der Waals surface area contributed by atoms with Crippen molar-refractivity contribution in [1.82, 2.24) is 4.90 Å². The minimum absolute atomic E-state index is 0.0477. The van der Waals surface area contributed by atoms with Crippen molar-refractivity contribution >= 4 is 23.5 Å². The van der Waals surface area contributed by atoms with Crippen LogP contribution in [0.3, 0.4) is 0 Å². The molecule has 108 valence electrons. The van der Waals surface area contributed by atoms with Crippen molar-refractivity contribution in [3.8, 4) is 0 Å². The molecule has 0 unspecified atom stereocenters. The molecule has 1 aliphatic rings. The minimum atomic E-state index is -0.262. The molecule has 1 fully saturated rings. The summed E-state index contributed by atoms with van der Waals surface area (Å²) >= 11 is 5.82. The SMILES string of the molecule is CCOC(=O)CCN(C(=O)c1ccc(Cl)cc1)C1CC1. The summed E-state index contributed by atoms with van der Waals surface area (Å²) in [5.41, 5.74) is 0.602. The van der Waals surface area contributed by atoms with Gasteiger partial charge in [0.1, 0.15) is 0 Å². The molecule has 4 nitrogen and oxygen atoms in total. The zero-order valence-corrected chi connectivity index (χ0v) is 12.2. The highest BCUT2D eigenvalue weighted by molar-refractivity contribution is 6.30. The topological polar surface area (TPSA) is 46.6 Å². The zero-order chi connectivity index (χ0) is 14.5. The van der Waals surface area contributed by atoms with E-state index in [1.807, 2.05) is 0 Å². The largest absolute Gasteiger partial charge is 0.466 e. The Balaban J connectivity index is 1.99. The van der Waals surface area contributed by atoms with Gasteiger partial charge in [-0.1, -0.05) is 11.6 Å². The standard InChI is InChI=1S/C15H18ClNO3/c1-2-20-14(18)9-10-17(13-7-8-13)15(19)11-3-5-12(16)6-4-11/h3-6,13H,2,7-10H2,1H3. The number of carbonyl (C=O) groups excluding carboxylic acids is 2. The van der Waals surface area contributed by atoms with E-state index in [-0.39, 0.29) is 24.3 Å². The summed E-state index contributed by atoms with van der Waals surface area (Å²) in [7, 11) is 0. The summed E-state index contributed by atoms with van der Waals surface area (Å²) in [5.74, 6) is -0.310. The predicted octanol–water partition coefficient (Wildman–Crippen LogP) is 2.90. The van der Waals surface area contributed by atoms with Crippen molar-refractivity contribution in [2.24, 2.45) is 0 Å². The minimum Gasteiger partial charge on any atom is -0.466 e. The number of nitrogens with zero attached hydrogens (tertiary/aromatic N) is 1. The first-order valence-corrected chi connectivity index (χ1v) is 7.21. The molecular formula is C15H18ClNO3. The Bertz CT molecular complexity index is 482. The Morgan fingerprint density at radius 3 is 2.50 bits per heavy atom. The van der Waals surface area contributed by atoms with Gasteiger partial charge >= 0.3 is 5.97 Å². The molecule has 0 aromatic heterocycles. The van der Waals surface area contributed by atoms with E-state index in [1.165, 1.54) is 0 Å². The van der Waals surface area contributed by atoms with E-state index in [0.717, 1.165) is 12.8 Å². The van der Waals surface area contributed by atoms with E-state index >= 15 is 0 Å². The van der Waals surface area contributed by atoms with Crippen LogP contribution in [0.25, 0.3) is 0 Å². The van der Waals surface area contributed by atoms with Crippen molar-refractivity contribution in [2.45, 2.75) is 32.2 Å². The van der Waals surface area contributed by atoms with Crippen LogP contribution in [0.15, 0.2) is 24.3 Å². The van der Waals surface area contributed by atoms with Gasteiger partial charge in [0.15, 0.2) is 0 Å². The predicted molar refractivity (Wildman–Crippen MR) is 76.8 cm³/mol. The number of hydrogen-bond donors (Lipinski definition) is 0. The molecule has 1 amide bonds. The zero-order valence-electron chi connectivity index (χ0n) is 11.5. The molecule has 2 rings (SSSR count). The molecule has 5 heteroatoms. The van der Waals surface area contributed by atoms with Crippen molar-refractivity contribution in [3.63, 3.8) is 0 Å². The average Bonchev–Trinajstić information content (AvgIpc) is 3.24. The molecule has 0 radical (unpaired) electrons. The third-order valence-corrected chi connectivity index (χ3v) is 3.45. The molecule has 1 saturated carbocycles. The van der Waals surface area contributed by atoms with Gasteiger partial charge in [0.25, 0.3) is 5.91 Å². The van der Waals surface area contributed by atoms with Crippen LogP contribution in [0.1, 0.15) is 36.5 Å². The van der Waals surface area contributed by atoms with Gasteiger partial charge in [-0.25, -0.2) is 0 Å². The number of halogens is 1. The molecule has 0 atom stereocenters. The molecule has 20 heavy (non-hydrogen) atoms. The Hall–Kier alpha value is -1.55. The van der Waals surface area contributed by atoms with Crippen molar-refractivity contribution in [3.05, 3.63) is 34.9 Å². The number of esters is 1. The lowest BCUT2D eigenvalue weighted by atomic mass is 10.2. The second-order valence-electron chi connectivity index (χ2n) is 4.79. The average molecular weight is 296 g/mol. The summed E-state index contributed by atoms with van der Waals surface area (Å²) < 4.78 is 4.90. The lowest BCUT2D eigenvalue weighted by Crippen LogP contribution is -2.35. The second-order valence-corrected chi connectivity index (χ2v) is 5.23. The lowest BCUT2D eigenvalue weighted by Gasteiger charge is -2.22. The van der Waals surface area contributed by atoms with E-state index in [0.29, 0.717) is 23.7 Å². The van der Waals surface area contributed by atoms with Crippen LogP contribution in [0, 0.1) is 0 Å². The molecule has 0 spiro atoms. The second kappa shape index (κ2) is 6.75. The Labute approximate surface area is 123 Å². The third kappa shape index (κ3) is 3.97. The molecule has 0 aliphatic heterocycles. The number of amides is 1. The number of benzene rings is 1. The fourth-order valence-electron chi connectivity index (χ4n) is 2.04. The van der Waals surface area contributed by atoms with Gasteiger partial charge in [-0.3, -0.25) is 9.59 Å². The summed E-state index contributed by atoms with van der Waals surface area (Å²) in [5, 5.41) is 0.603. The van der Waals surface area contributed by atoms with Crippen LogP contribution < -0.4 is 0 Å². The number of ether oxygens (including phenoxy) is 1. The quantitative estimate of drug-likeness (QED) is 0.758. The maximum Gasteiger partial charge on any atom is 0.307 e. The van der Waals surface area contributed by atoms with Crippen LogP contribution in [0.4, 0.5) is 0 Å². The van der Waals surface area contributed by atoms with Crippen LogP contribution in [0.5, 0.6) is 0 Å². The van der Waals surface area contributed by atoms with Gasteiger partial charge < -0.3 is 9.64 Å². The van der Waals surface area contributed by atoms with Crippen LogP contribution in [0.2, 0.25) is 5.02 Å². The molecular weight excluding hydrogens is 278 g/mol. The molecule has 0 N–H and O–H groups in total. The Morgan fingerprint density at radius 1 is 1.30 bits per heavy atom. The fourth-order valence-corrected chi connectivity index (χ4v) is 2.17. The third-order valence-electron chi connectivity index (χ3n) is 3.20. The smallest absolute Gasteiger partial charge is 0.307 e. The molecule has 1 aromatic rings. The summed E-state index contributed by atoms with van der Waals surface area (Å²) in [6.07, 6.45) is 2.24. The number of carbonyl (C=O) groups is 2. The van der Waals surface area contributed by atoms with Gasteiger partial charge in [-0.05, 0) is 44.0 Å². The highest BCUT2D eigenvalue weighted by Gasteiger charge is 2.33. The van der Waals surface area contributed by atoms with Gasteiger partial charge in [-0.2, -0.15) is 0 Å². The molecule has 1 aliphatic carbocycles. The Morgan fingerprint density at radius 2 is 1.95 bits per heavy atom. The maximum absolute atomic E-state index is 12.4. The number of hydrogen-bond acceptors (Lipinski definition) is 3. The van der Waals surface area contributed by atoms with Gasteiger partial charge in [-0.15, -0.1) is 0 Å². The maximum atomic E-state index is 12.4. The van der Waals surface area contributed by atoms with E-state index in [1.54, 1.807) is 36.1 Å². The van der Waals surface area contributed by atoms with Crippen molar-refractivity contribution < 1.29 is 14.3 Å². The van der Waals surface area contributed by atoms with Crippen molar-refractivity contribution in [2.75, 3.05) is 13.2 Å². The summed E-state index contributed by atoms with van der Waals surface area (Å²) in [6, 6.07) is 7.08. The summed E-state index contributed by atoms with van der Waals surface area (Å²) in [4.78, 5) is 25.6. The first kappa shape index (κ1) is 14.9. The molecule has 0 saturated heterocycles. The molecule has 0 heterocycles. The summed E-state index contributed by atoms with van der Waals surface area (Å²) in [6.45, 7) is 2.55. The monoisotopic (exact) mass is 295 g/mol. The Kier molecular flexibility index (Phi) is 5.01. The van der Waals surface area contributed by atoms with E-state index in [2.05, 4.69) is 0 Å². The van der Waals surface area contributed by atoms with E-state index < -0.39 is 0 Å². The van der Waals surface area contributed by atoms with Crippen LogP contribution in [-0.4, -0.2) is 36.0 Å². The van der Waals surface area contributed by atoms with Crippen LogP contribution in [-0.2, 0) is 9.53 Å². The van der Waals surface area contributed by atoms with Gasteiger partial charge in [0.05, 0.1) is 13.0 Å². The van der Waals surface area contributed by atoms with Crippen LogP contribution >= 0.6 is 11.6 Å².